The second-order valence-corrected chi connectivity index (χ2v) is 2.29. The maximum Gasteiger partial charge on any atom is 0.234 e. The van der Waals surface area contributed by atoms with E-state index in [0.29, 0.717) is 17.0 Å². The molecule has 11 heavy (non-hydrogen) atoms. The topological polar surface area (TPSA) is 69.2 Å². The van der Waals surface area contributed by atoms with Crippen molar-refractivity contribution in [3.05, 3.63) is 27.1 Å². The molecule has 5 heteroatoms. The van der Waals surface area contributed by atoms with E-state index >= 15 is 0 Å². The van der Waals surface area contributed by atoms with Crippen molar-refractivity contribution in [1.82, 2.24) is 5.16 Å². The van der Waals surface area contributed by atoms with E-state index in [1.807, 2.05) is 0 Å². The number of rotatable bonds is 2. The highest BCUT2D eigenvalue weighted by Crippen LogP contribution is 2.12. The lowest BCUT2D eigenvalue weighted by Gasteiger charge is -1.90. The van der Waals surface area contributed by atoms with Gasteiger partial charge in [0.15, 0.2) is 0 Å². The number of nitrogens with zero attached hydrogens (tertiary/aromatic N) is 2. The highest BCUT2D eigenvalue weighted by molar-refractivity contribution is 5.19. The summed E-state index contributed by atoms with van der Waals surface area (Å²) in [6.45, 7) is 3.15. The Morgan fingerprint density at radius 2 is 2.27 bits per heavy atom. The zero-order valence-electron chi connectivity index (χ0n) is 6.33. The van der Waals surface area contributed by atoms with Gasteiger partial charge >= 0.3 is 0 Å². The first-order chi connectivity index (χ1) is 5.11. The number of hydrogen-bond acceptors (Lipinski definition) is 4. The minimum Gasteiger partial charge on any atom is -0.361 e. The third-order valence-corrected chi connectivity index (χ3v) is 1.47. The van der Waals surface area contributed by atoms with Crippen LogP contribution in [0.4, 0.5) is 0 Å². The molecule has 0 bridgehead atoms. The zero-order chi connectivity index (χ0) is 8.43. The van der Waals surface area contributed by atoms with Crippen molar-refractivity contribution in [2.75, 3.05) is 0 Å². The molecule has 0 aliphatic heterocycles. The summed E-state index contributed by atoms with van der Waals surface area (Å²) in [6, 6.07) is 0. The van der Waals surface area contributed by atoms with E-state index < -0.39 is 4.92 Å². The van der Waals surface area contributed by atoms with Gasteiger partial charge in [0.2, 0.25) is 6.54 Å². The molecule has 0 unspecified atom stereocenters. The standard InChI is InChI=1S/C6H8N2O3/c1-4-6(3-8(9)10)5(2)11-7-4/h3H2,1-2H3. The van der Waals surface area contributed by atoms with Gasteiger partial charge in [-0.3, -0.25) is 10.1 Å². The molecule has 0 aromatic carbocycles. The van der Waals surface area contributed by atoms with E-state index in [1.54, 1.807) is 13.8 Å². The Morgan fingerprint density at radius 3 is 2.64 bits per heavy atom. The number of aryl methyl sites for hydroxylation is 2. The predicted octanol–water partition coefficient (Wildman–Crippen LogP) is 1.07. The van der Waals surface area contributed by atoms with E-state index in [0.717, 1.165) is 0 Å². The Kier molecular flexibility index (Phi) is 1.89. The summed E-state index contributed by atoms with van der Waals surface area (Å²) < 4.78 is 4.74. The molecule has 0 fully saturated rings. The van der Waals surface area contributed by atoms with Crippen LogP contribution < -0.4 is 0 Å². The van der Waals surface area contributed by atoms with Gasteiger partial charge in [-0.1, -0.05) is 5.16 Å². The fraction of sp³-hybridized carbons (Fsp3) is 0.500. The predicted molar refractivity (Wildman–Crippen MR) is 36.7 cm³/mol. The third kappa shape index (κ3) is 1.54. The number of hydrogen-bond donors (Lipinski definition) is 0. The maximum absolute atomic E-state index is 10.1. The molecule has 0 aliphatic carbocycles. The van der Waals surface area contributed by atoms with Crippen molar-refractivity contribution in [3.8, 4) is 0 Å². The van der Waals surface area contributed by atoms with Crippen molar-refractivity contribution in [2.45, 2.75) is 20.4 Å². The summed E-state index contributed by atoms with van der Waals surface area (Å²) in [7, 11) is 0. The fourth-order valence-electron chi connectivity index (χ4n) is 0.857. The van der Waals surface area contributed by atoms with Crippen molar-refractivity contribution in [1.29, 1.82) is 0 Å². The van der Waals surface area contributed by atoms with Gasteiger partial charge in [0, 0.05) is 4.92 Å². The Morgan fingerprint density at radius 1 is 1.64 bits per heavy atom. The van der Waals surface area contributed by atoms with Crippen LogP contribution in [0.3, 0.4) is 0 Å². The van der Waals surface area contributed by atoms with Gasteiger partial charge in [-0.05, 0) is 13.8 Å². The first-order valence-electron chi connectivity index (χ1n) is 3.15. The lowest BCUT2D eigenvalue weighted by atomic mass is 10.2. The van der Waals surface area contributed by atoms with Gasteiger partial charge in [-0.15, -0.1) is 0 Å². The Hall–Kier alpha value is -1.39. The average Bonchev–Trinajstić information content (AvgIpc) is 2.18. The largest absolute Gasteiger partial charge is 0.361 e. The molecule has 0 N–H and O–H groups in total. The molecule has 0 saturated carbocycles. The molecule has 0 aliphatic rings. The van der Waals surface area contributed by atoms with Crippen molar-refractivity contribution >= 4 is 0 Å². The summed E-state index contributed by atoms with van der Waals surface area (Å²) in [5.74, 6) is 0.527. The van der Waals surface area contributed by atoms with Gasteiger partial charge in [0.1, 0.15) is 5.76 Å². The first-order valence-corrected chi connectivity index (χ1v) is 3.15. The smallest absolute Gasteiger partial charge is 0.234 e. The highest BCUT2D eigenvalue weighted by atomic mass is 16.6. The Balaban J connectivity index is 2.92. The number of aromatic nitrogens is 1. The monoisotopic (exact) mass is 156 g/mol. The molecule has 1 rings (SSSR count). The van der Waals surface area contributed by atoms with Crippen LogP contribution in [-0.2, 0) is 6.54 Å². The fourth-order valence-corrected chi connectivity index (χ4v) is 0.857. The minimum absolute atomic E-state index is 0.207. The normalized spacial score (nSPS) is 10.0. The second kappa shape index (κ2) is 2.69. The van der Waals surface area contributed by atoms with Crippen molar-refractivity contribution in [2.24, 2.45) is 0 Å². The molecule has 1 aromatic heterocycles. The van der Waals surface area contributed by atoms with Gasteiger partial charge in [0.25, 0.3) is 0 Å². The van der Waals surface area contributed by atoms with Crippen molar-refractivity contribution in [3.63, 3.8) is 0 Å². The summed E-state index contributed by atoms with van der Waals surface area (Å²) in [5, 5.41) is 13.7. The second-order valence-electron chi connectivity index (χ2n) is 2.29. The van der Waals surface area contributed by atoms with Crippen LogP contribution >= 0.6 is 0 Å². The van der Waals surface area contributed by atoms with Crippen LogP contribution in [0.15, 0.2) is 4.52 Å². The average molecular weight is 156 g/mol. The van der Waals surface area contributed by atoms with Gasteiger partial charge in [-0.2, -0.15) is 0 Å². The molecule has 0 spiro atoms. The lowest BCUT2D eigenvalue weighted by Crippen LogP contribution is -1.99. The molecule has 0 amide bonds. The number of nitro groups is 1. The van der Waals surface area contributed by atoms with Gasteiger partial charge in [0.05, 0.1) is 11.3 Å². The van der Waals surface area contributed by atoms with E-state index in [-0.39, 0.29) is 6.54 Å². The quantitative estimate of drug-likeness (QED) is 0.474. The lowest BCUT2D eigenvalue weighted by molar-refractivity contribution is -0.497. The van der Waals surface area contributed by atoms with E-state index in [2.05, 4.69) is 5.16 Å². The molecule has 0 saturated heterocycles. The summed E-state index contributed by atoms with van der Waals surface area (Å²) in [6.07, 6.45) is 0. The Labute approximate surface area is 63.1 Å². The molecular formula is C6H8N2O3. The van der Waals surface area contributed by atoms with E-state index in [9.17, 15) is 10.1 Å². The minimum atomic E-state index is -0.396. The van der Waals surface area contributed by atoms with Gasteiger partial charge in [-0.25, -0.2) is 0 Å². The molecular weight excluding hydrogens is 148 g/mol. The van der Waals surface area contributed by atoms with Gasteiger partial charge < -0.3 is 4.52 Å². The maximum atomic E-state index is 10.1. The SMILES string of the molecule is Cc1noc(C)c1C[N+](=O)[O-]. The molecule has 1 aromatic rings. The van der Waals surface area contributed by atoms with Crippen LogP contribution in [0.1, 0.15) is 17.0 Å². The summed E-state index contributed by atoms with van der Waals surface area (Å²) in [5.41, 5.74) is 1.18. The first kappa shape index (κ1) is 7.71. The third-order valence-electron chi connectivity index (χ3n) is 1.47. The van der Waals surface area contributed by atoms with E-state index in [1.165, 1.54) is 0 Å². The molecule has 1 heterocycles. The zero-order valence-corrected chi connectivity index (χ0v) is 6.33. The molecule has 5 nitrogen and oxygen atoms in total. The summed E-state index contributed by atoms with van der Waals surface area (Å²) in [4.78, 5) is 9.71. The Bertz CT molecular complexity index is 260. The van der Waals surface area contributed by atoms with E-state index in [4.69, 9.17) is 4.52 Å². The molecule has 0 radical (unpaired) electrons. The molecule has 60 valence electrons. The summed E-state index contributed by atoms with van der Waals surface area (Å²) >= 11 is 0. The highest BCUT2D eigenvalue weighted by Gasteiger charge is 2.13. The van der Waals surface area contributed by atoms with Crippen LogP contribution in [-0.4, -0.2) is 10.1 Å². The molecule has 0 atom stereocenters. The van der Waals surface area contributed by atoms with Crippen LogP contribution in [0, 0.1) is 24.0 Å². The van der Waals surface area contributed by atoms with Crippen LogP contribution in [0.5, 0.6) is 0 Å². The van der Waals surface area contributed by atoms with Crippen molar-refractivity contribution < 1.29 is 9.45 Å². The van der Waals surface area contributed by atoms with Crippen LogP contribution in [0.2, 0.25) is 0 Å². The van der Waals surface area contributed by atoms with Crippen LogP contribution in [0.25, 0.3) is 0 Å².